The quantitative estimate of drug-likeness (QED) is 0.838. The molecule has 0 bridgehead atoms. The monoisotopic (exact) mass is 356 g/mol. The van der Waals surface area contributed by atoms with Crippen molar-refractivity contribution < 1.29 is 19.1 Å². The first-order valence-electron chi connectivity index (χ1n) is 9.27. The van der Waals surface area contributed by atoms with E-state index in [9.17, 15) is 14.4 Å². The predicted molar refractivity (Wildman–Crippen MR) is 94.5 cm³/mol. The maximum absolute atomic E-state index is 13.5. The standard InChI is InChI=1S/C20H24N2O4/c1-26-15-6-4-14(5-7-15)20(8-2-3-9-20)18(25)22-11-10-19(13-22)12-16(23)21-17(19)24/h4-7H,2-3,8-13H2,1H3,(H,21,23,24)/t19-/m1/s1. The molecule has 0 unspecified atom stereocenters. The second kappa shape index (κ2) is 6.11. The molecule has 1 saturated carbocycles. The van der Waals surface area contributed by atoms with Gasteiger partial charge in [-0.05, 0) is 37.0 Å². The summed E-state index contributed by atoms with van der Waals surface area (Å²) in [5, 5.41) is 2.40. The number of nitrogens with zero attached hydrogens (tertiary/aromatic N) is 1. The van der Waals surface area contributed by atoms with Gasteiger partial charge in [-0.25, -0.2) is 0 Å². The minimum Gasteiger partial charge on any atom is -0.497 e. The average Bonchev–Trinajstić information content (AvgIpc) is 3.35. The van der Waals surface area contributed by atoms with Gasteiger partial charge >= 0.3 is 0 Å². The van der Waals surface area contributed by atoms with Crippen molar-refractivity contribution in [3.63, 3.8) is 0 Å². The number of rotatable bonds is 3. The van der Waals surface area contributed by atoms with Crippen LogP contribution in [0.2, 0.25) is 0 Å². The molecular weight excluding hydrogens is 332 g/mol. The summed E-state index contributed by atoms with van der Waals surface area (Å²) in [6.07, 6.45) is 4.46. The normalized spacial score (nSPS) is 27.2. The van der Waals surface area contributed by atoms with Crippen LogP contribution in [0.1, 0.15) is 44.1 Å². The van der Waals surface area contributed by atoms with Crippen molar-refractivity contribution in [3.8, 4) is 5.75 Å². The first-order chi connectivity index (χ1) is 12.5. The number of carbonyl (C=O) groups is 3. The molecule has 2 heterocycles. The maximum Gasteiger partial charge on any atom is 0.235 e. The summed E-state index contributed by atoms with van der Waals surface area (Å²) in [5.41, 5.74) is -0.211. The van der Waals surface area contributed by atoms with Crippen LogP contribution in [0.4, 0.5) is 0 Å². The molecular formula is C20H24N2O4. The minimum absolute atomic E-state index is 0.101. The van der Waals surface area contributed by atoms with Gasteiger partial charge in [0.1, 0.15) is 5.75 Å². The van der Waals surface area contributed by atoms with Gasteiger partial charge in [0, 0.05) is 19.5 Å². The van der Waals surface area contributed by atoms with Crippen LogP contribution in [-0.2, 0) is 19.8 Å². The van der Waals surface area contributed by atoms with Crippen molar-refractivity contribution >= 4 is 17.7 Å². The summed E-state index contributed by atoms with van der Waals surface area (Å²) in [6, 6.07) is 7.77. The second-order valence-corrected chi connectivity index (χ2v) is 7.83. The Bertz CT molecular complexity index is 752. The highest BCUT2D eigenvalue weighted by atomic mass is 16.5. The second-order valence-electron chi connectivity index (χ2n) is 7.83. The van der Waals surface area contributed by atoms with Crippen molar-refractivity contribution in [3.05, 3.63) is 29.8 Å². The zero-order valence-corrected chi connectivity index (χ0v) is 15.0. The highest BCUT2D eigenvalue weighted by Crippen LogP contribution is 2.46. The van der Waals surface area contributed by atoms with Crippen molar-refractivity contribution in [2.24, 2.45) is 5.41 Å². The van der Waals surface area contributed by atoms with Gasteiger partial charge in [0.15, 0.2) is 0 Å². The van der Waals surface area contributed by atoms with E-state index >= 15 is 0 Å². The van der Waals surface area contributed by atoms with E-state index in [1.165, 1.54) is 0 Å². The van der Waals surface area contributed by atoms with E-state index in [2.05, 4.69) is 5.32 Å². The summed E-state index contributed by atoms with van der Waals surface area (Å²) in [7, 11) is 1.63. The van der Waals surface area contributed by atoms with Crippen LogP contribution in [0.25, 0.3) is 0 Å². The summed E-state index contributed by atoms with van der Waals surface area (Å²) in [4.78, 5) is 39.2. The zero-order chi connectivity index (χ0) is 18.4. The lowest BCUT2D eigenvalue weighted by Gasteiger charge is -2.33. The number of ether oxygens (including phenoxy) is 1. The molecule has 2 aliphatic heterocycles. The molecule has 1 aromatic carbocycles. The first-order valence-corrected chi connectivity index (χ1v) is 9.27. The molecule has 1 aliphatic carbocycles. The van der Waals surface area contributed by atoms with E-state index in [1.54, 1.807) is 7.11 Å². The summed E-state index contributed by atoms with van der Waals surface area (Å²) < 4.78 is 5.24. The molecule has 4 rings (SSSR count). The Morgan fingerprint density at radius 3 is 2.38 bits per heavy atom. The summed E-state index contributed by atoms with van der Waals surface area (Å²) in [6.45, 7) is 0.888. The number of nitrogens with one attached hydrogen (secondary N) is 1. The Hall–Kier alpha value is -2.37. The van der Waals surface area contributed by atoms with Crippen LogP contribution in [0.3, 0.4) is 0 Å². The Kier molecular flexibility index (Phi) is 4.01. The van der Waals surface area contributed by atoms with Gasteiger partial charge in [-0.2, -0.15) is 0 Å². The number of hydrogen-bond acceptors (Lipinski definition) is 4. The van der Waals surface area contributed by atoms with Gasteiger partial charge in [-0.15, -0.1) is 0 Å². The Morgan fingerprint density at radius 1 is 1.12 bits per heavy atom. The molecule has 3 aliphatic rings. The average molecular weight is 356 g/mol. The van der Waals surface area contributed by atoms with Gasteiger partial charge in [0.25, 0.3) is 0 Å². The molecule has 138 valence electrons. The van der Waals surface area contributed by atoms with Crippen LogP contribution >= 0.6 is 0 Å². The number of hydrogen-bond donors (Lipinski definition) is 1. The lowest BCUT2D eigenvalue weighted by atomic mass is 9.77. The maximum atomic E-state index is 13.5. The summed E-state index contributed by atoms with van der Waals surface area (Å²) >= 11 is 0. The number of imide groups is 1. The summed E-state index contributed by atoms with van der Waals surface area (Å²) in [5.74, 6) is 0.428. The lowest BCUT2D eigenvalue weighted by molar-refractivity contribution is -0.137. The van der Waals surface area contributed by atoms with Gasteiger partial charge in [0.2, 0.25) is 17.7 Å². The molecule has 1 spiro atoms. The van der Waals surface area contributed by atoms with E-state index in [4.69, 9.17) is 4.74 Å². The minimum atomic E-state index is -0.716. The number of benzene rings is 1. The predicted octanol–water partition coefficient (Wildman–Crippen LogP) is 1.77. The van der Waals surface area contributed by atoms with E-state index in [1.807, 2.05) is 29.2 Å². The van der Waals surface area contributed by atoms with Crippen molar-refractivity contribution in [2.45, 2.75) is 43.9 Å². The van der Waals surface area contributed by atoms with Crippen molar-refractivity contribution in [1.29, 1.82) is 0 Å². The number of likely N-dealkylation sites (tertiary alicyclic amines) is 1. The fraction of sp³-hybridized carbons (Fsp3) is 0.550. The first kappa shape index (κ1) is 17.1. The zero-order valence-electron chi connectivity index (χ0n) is 15.0. The van der Waals surface area contributed by atoms with E-state index in [0.717, 1.165) is 37.0 Å². The fourth-order valence-corrected chi connectivity index (χ4v) is 4.88. The SMILES string of the molecule is COc1ccc(C2(C(=O)N3CC[C@@]4(CC(=O)NC4=O)C3)CCCC2)cc1. The third kappa shape index (κ3) is 2.50. The molecule has 3 fully saturated rings. The van der Waals surface area contributed by atoms with E-state index < -0.39 is 10.8 Å². The Morgan fingerprint density at radius 2 is 1.81 bits per heavy atom. The molecule has 0 radical (unpaired) electrons. The number of methoxy groups -OCH3 is 1. The number of amides is 3. The van der Waals surface area contributed by atoms with Crippen molar-refractivity contribution in [2.75, 3.05) is 20.2 Å². The topological polar surface area (TPSA) is 75.7 Å². The van der Waals surface area contributed by atoms with E-state index in [-0.39, 0.29) is 24.1 Å². The molecule has 2 saturated heterocycles. The van der Waals surface area contributed by atoms with E-state index in [0.29, 0.717) is 19.5 Å². The molecule has 6 heteroatoms. The lowest BCUT2D eigenvalue weighted by Crippen LogP contribution is -2.46. The molecule has 1 aromatic rings. The smallest absolute Gasteiger partial charge is 0.235 e. The number of carbonyl (C=O) groups excluding carboxylic acids is 3. The van der Waals surface area contributed by atoms with Gasteiger partial charge in [0.05, 0.1) is 17.9 Å². The van der Waals surface area contributed by atoms with Crippen LogP contribution in [0.5, 0.6) is 5.75 Å². The molecule has 0 aromatic heterocycles. The fourth-order valence-electron chi connectivity index (χ4n) is 4.88. The van der Waals surface area contributed by atoms with Crippen LogP contribution in [0.15, 0.2) is 24.3 Å². The van der Waals surface area contributed by atoms with Gasteiger partial charge < -0.3 is 9.64 Å². The Labute approximate surface area is 152 Å². The molecule has 1 atom stereocenters. The molecule has 3 amide bonds. The molecule has 6 nitrogen and oxygen atoms in total. The van der Waals surface area contributed by atoms with Crippen LogP contribution in [0, 0.1) is 5.41 Å². The van der Waals surface area contributed by atoms with Crippen molar-refractivity contribution in [1.82, 2.24) is 10.2 Å². The van der Waals surface area contributed by atoms with Crippen LogP contribution in [-0.4, -0.2) is 42.8 Å². The van der Waals surface area contributed by atoms with Gasteiger partial charge in [-0.3, -0.25) is 19.7 Å². The van der Waals surface area contributed by atoms with Crippen LogP contribution < -0.4 is 10.1 Å². The highest BCUT2D eigenvalue weighted by molar-refractivity contribution is 6.06. The van der Waals surface area contributed by atoms with Gasteiger partial charge in [-0.1, -0.05) is 25.0 Å². The molecule has 26 heavy (non-hydrogen) atoms. The Balaban J connectivity index is 1.60. The largest absolute Gasteiger partial charge is 0.497 e. The third-order valence-electron chi connectivity index (χ3n) is 6.38. The highest BCUT2D eigenvalue weighted by Gasteiger charge is 2.54. The third-order valence-corrected chi connectivity index (χ3v) is 6.38. The molecule has 1 N–H and O–H groups in total.